The van der Waals surface area contributed by atoms with Crippen LogP contribution in [0, 0.1) is 0 Å². The Balaban J connectivity index is 0.000000166. The molecule has 19 nitrogen and oxygen atoms in total. The Bertz CT molecular complexity index is 5090. The molecule has 0 aliphatic rings. The van der Waals surface area contributed by atoms with Crippen LogP contribution in [-0.2, 0) is 125 Å². The smallest absolute Gasteiger partial charge is 0.326 e. The first-order valence-electron chi connectivity index (χ1n) is 36.8. The number of carbonyl (C=O) groups excluding carboxylic acids is 3. The van der Waals surface area contributed by atoms with E-state index in [0.717, 1.165) is 72.3 Å². The number of carboxylic acids is 1. The van der Waals surface area contributed by atoms with E-state index in [-0.39, 0.29) is 32.2 Å². The number of esters is 2. The monoisotopic (exact) mass is 1590 g/mol. The molecular weight excluding hydrogens is 1510 g/mol. The zero-order valence-corrected chi connectivity index (χ0v) is 65.1. The number of carbonyl (C=O) groups is 4. The van der Waals surface area contributed by atoms with Crippen molar-refractivity contribution in [1.29, 1.82) is 0 Å². The number of nitrogens with two attached hydrogens (primary N) is 1. The first-order valence-corrected chi connectivity index (χ1v) is 40.0. The summed E-state index contributed by atoms with van der Waals surface area (Å²) in [6, 6.07) is 115. The number of hydroxylamine groups is 4. The van der Waals surface area contributed by atoms with Crippen molar-refractivity contribution in [3.05, 3.63) is 415 Å². The molecule has 7 atom stereocenters. The predicted molar refractivity (Wildman–Crippen MR) is 447 cm³/mol. The van der Waals surface area contributed by atoms with Crippen molar-refractivity contribution in [2.75, 3.05) is 0 Å². The molecule has 0 aliphatic carbocycles. The molecule has 0 fully saturated rings. The molecule has 0 bridgehead atoms. The summed E-state index contributed by atoms with van der Waals surface area (Å²) in [5.74, 6) is -2.35. The highest BCUT2D eigenvalue weighted by Gasteiger charge is 2.25. The molecule has 7 unspecified atom stereocenters. The molecule has 0 saturated carbocycles. The Kier molecular flexibility index (Phi) is 35.2. The second-order valence-electron chi connectivity index (χ2n) is 25.8. The minimum atomic E-state index is -1.82. The average molecular weight is 1590 g/mol. The van der Waals surface area contributed by atoms with Crippen molar-refractivity contribution < 1.29 is 64.1 Å². The van der Waals surface area contributed by atoms with Gasteiger partial charge in [0, 0.05) is 12.8 Å². The Labute approximate surface area is 677 Å². The largest absolute Gasteiger partial charge is 0.480 e. The zero-order chi connectivity index (χ0) is 80.4. The van der Waals surface area contributed by atoms with Gasteiger partial charge in [0.05, 0.1) is 21.3 Å². The van der Waals surface area contributed by atoms with Crippen molar-refractivity contribution in [1.82, 2.24) is 21.9 Å². The van der Waals surface area contributed by atoms with Crippen LogP contribution in [0.1, 0.15) is 38.9 Å². The van der Waals surface area contributed by atoms with Gasteiger partial charge in [-0.3, -0.25) is 24.0 Å². The topological polar surface area (TPSA) is 269 Å². The summed E-state index contributed by atoms with van der Waals surface area (Å²) in [5.41, 5.74) is 28.8. The molecule has 22 heteroatoms. The van der Waals surface area contributed by atoms with Gasteiger partial charge in [-0.15, -0.1) is 0 Å². The van der Waals surface area contributed by atoms with Gasteiger partial charge in [0.2, 0.25) is 33.2 Å². The summed E-state index contributed by atoms with van der Waals surface area (Å²) < 4.78 is 64.4. The van der Waals surface area contributed by atoms with Crippen LogP contribution < -0.4 is 27.7 Å². The van der Waals surface area contributed by atoms with Gasteiger partial charge in [0.15, 0.2) is 0 Å². The summed E-state index contributed by atoms with van der Waals surface area (Å²) in [6.45, 7) is 0.643. The molecular formula is C93H87N5O14S3. The van der Waals surface area contributed by atoms with Crippen molar-refractivity contribution in [2.24, 2.45) is 5.73 Å². The molecule has 0 heterocycles. The van der Waals surface area contributed by atoms with Crippen molar-refractivity contribution in [3.8, 4) is 33.4 Å². The van der Waals surface area contributed by atoms with Crippen molar-refractivity contribution in [3.63, 3.8) is 0 Å². The highest BCUT2D eigenvalue weighted by atomic mass is 32.2. The number of carboxylic acid groups (broad SMARTS) is 1. The lowest BCUT2D eigenvalue weighted by Gasteiger charge is -2.17. The summed E-state index contributed by atoms with van der Waals surface area (Å²) >= 11 is -5.43. The third-order valence-corrected chi connectivity index (χ3v) is 20.0. The molecule has 1 amide bonds. The van der Waals surface area contributed by atoms with E-state index >= 15 is 0 Å². The fraction of sp³-hybridized carbons (Fsp3) is 0.118. The van der Waals surface area contributed by atoms with E-state index in [0.29, 0.717) is 33.9 Å². The minimum Gasteiger partial charge on any atom is -0.480 e. The molecule has 0 aliphatic heterocycles. The van der Waals surface area contributed by atoms with Gasteiger partial charge in [0.25, 0.3) is 5.91 Å². The van der Waals surface area contributed by atoms with Crippen LogP contribution in [-0.4, -0.2) is 65.7 Å². The molecule has 0 saturated heterocycles. The third-order valence-electron chi connectivity index (χ3n) is 17.3. The number of benzene rings is 13. The Morgan fingerprint density at radius 1 is 0.287 bits per heavy atom. The Hall–Kier alpha value is -12.1. The molecule has 586 valence electrons. The summed E-state index contributed by atoms with van der Waals surface area (Å²) in [4.78, 5) is 55.6. The lowest BCUT2D eigenvalue weighted by atomic mass is 10.1. The average Bonchev–Trinajstić information content (AvgIpc) is 0.859. The van der Waals surface area contributed by atoms with E-state index in [1.807, 2.05) is 340 Å². The molecule has 7 N–H and O–H groups in total. The van der Waals surface area contributed by atoms with Gasteiger partial charge in [0.1, 0.15) is 37.4 Å². The normalized spacial score (nSPS) is 12.6. The predicted octanol–water partition coefficient (Wildman–Crippen LogP) is 15.9. The van der Waals surface area contributed by atoms with Crippen LogP contribution in [0.25, 0.3) is 33.4 Å². The van der Waals surface area contributed by atoms with Gasteiger partial charge in [-0.25, -0.2) is 18.1 Å². The summed E-state index contributed by atoms with van der Waals surface area (Å²) in [5, 5.41) is 9.34. The minimum absolute atomic E-state index is 0.149. The maximum atomic E-state index is 12.8. The third kappa shape index (κ3) is 29.7. The van der Waals surface area contributed by atoms with E-state index < -0.39 is 75.3 Å². The van der Waals surface area contributed by atoms with Crippen LogP contribution in [0.15, 0.2) is 391 Å². The fourth-order valence-corrected chi connectivity index (χ4v) is 13.1. The van der Waals surface area contributed by atoms with E-state index in [1.165, 1.54) is 0 Å². The van der Waals surface area contributed by atoms with Crippen LogP contribution in [0.3, 0.4) is 0 Å². The first-order chi connectivity index (χ1) is 56.3. The molecule has 13 aromatic carbocycles. The molecule has 0 radical (unpaired) electrons. The maximum Gasteiger partial charge on any atom is 0.326 e. The van der Waals surface area contributed by atoms with Crippen LogP contribution in [0.2, 0.25) is 0 Å². The Morgan fingerprint density at radius 2 is 0.530 bits per heavy atom. The second-order valence-corrected chi connectivity index (χ2v) is 29.1. The van der Waals surface area contributed by atoms with Crippen LogP contribution >= 0.6 is 0 Å². The van der Waals surface area contributed by atoms with E-state index in [2.05, 4.69) is 21.9 Å². The van der Waals surface area contributed by atoms with Gasteiger partial charge < -0.3 is 20.3 Å². The van der Waals surface area contributed by atoms with Gasteiger partial charge in [-0.1, -0.05) is 340 Å². The number of rotatable bonds is 34. The number of hydrogen-bond donors (Lipinski definition) is 6. The molecule has 13 aromatic rings. The van der Waals surface area contributed by atoms with Gasteiger partial charge in [-0.05, 0) is 122 Å². The quantitative estimate of drug-likeness (QED) is 0.0162. The van der Waals surface area contributed by atoms with E-state index in [4.69, 9.17) is 32.9 Å². The Morgan fingerprint density at radius 3 is 0.852 bits per heavy atom. The summed E-state index contributed by atoms with van der Waals surface area (Å²) in [6.07, 6.45) is 1.37. The summed E-state index contributed by atoms with van der Waals surface area (Å²) in [7, 11) is 0. The lowest BCUT2D eigenvalue weighted by molar-refractivity contribution is -0.150. The number of ether oxygens (including phenoxy) is 2. The standard InChI is InChI=1S/C28H26N2O4S.C28H25NO4S.C21H19NO4S.C16H17NO2/c31-28(30-33-21-23-12-6-2-7-13-23)27(20-22-10-4-1-5-11-22)29-34-35(32)26-18-16-25(17-19-26)24-14-8-3-9-15-24;30-28(32-21-23-12-6-2-7-13-23)27(20-22-10-4-1-5-11-22)29-33-34(31)26-18-16-25(17-19-26)24-14-8-3-9-15-24;23-21(24)20(15-16-7-3-1-4-8-16)22-26-27(25)19-13-11-18(12-14-19)17-9-5-2-6-10-17;17-15(11-13-7-3-1-4-8-13)16(18)19-12-14-9-5-2-6-10-14/h1-19,27,29H,20-21H2,(H,30,31);1-19,27,29H,20-21H2;1-14,20,22H,15H2,(H,23,24);1-10,15H,11-12,17H2. The highest BCUT2D eigenvalue weighted by molar-refractivity contribution is 7.80. The fourth-order valence-electron chi connectivity index (χ4n) is 11.2. The molecule has 13 rings (SSSR count). The molecule has 0 spiro atoms. The SMILES string of the molecule is NC(Cc1ccccc1)C(=O)OCc1ccccc1.O=C(NOCc1ccccc1)C(Cc1ccccc1)NOS(=O)c1ccc(-c2ccccc2)cc1.O=C(O)C(Cc1ccccc1)NOS(=O)c1ccc(-c2ccccc2)cc1.O=C(OCc1ccccc1)C(Cc1ccccc1)NOS(=O)c1ccc(-c2ccccc2)cc1. The zero-order valence-electron chi connectivity index (χ0n) is 62.6. The van der Waals surface area contributed by atoms with Crippen molar-refractivity contribution >= 4 is 57.1 Å². The second kappa shape index (κ2) is 47.4. The molecule has 0 aromatic heterocycles. The van der Waals surface area contributed by atoms with E-state index in [1.54, 1.807) is 36.4 Å². The van der Waals surface area contributed by atoms with Gasteiger partial charge in [-0.2, -0.15) is 29.3 Å². The molecule has 115 heavy (non-hydrogen) atoms. The lowest BCUT2D eigenvalue weighted by Crippen LogP contribution is -2.45. The van der Waals surface area contributed by atoms with Gasteiger partial charge >= 0.3 is 17.9 Å². The number of aliphatic carboxylic acids is 1. The van der Waals surface area contributed by atoms with E-state index in [9.17, 15) is 36.9 Å². The van der Waals surface area contributed by atoms with Crippen molar-refractivity contribution in [2.45, 2.75) is 84.4 Å². The first kappa shape index (κ1) is 85.3. The highest BCUT2D eigenvalue weighted by Crippen LogP contribution is 2.25. The number of amides is 1. The number of nitrogens with one attached hydrogen (secondary N) is 4. The van der Waals surface area contributed by atoms with Crippen LogP contribution in [0.5, 0.6) is 0 Å². The number of hydrogen-bond acceptors (Lipinski definition) is 17. The van der Waals surface area contributed by atoms with Crippen LogP contribution in [0.4, 0.5) is 0 Å². The maximum absolute atomic E-state index is 12.8.